The first kappa shape index (κ1) is 17.6. The number of amides is 2. The summed E-state index contributed by atoms with van der Waals surface area (Å²) in [6.45, 7) is 3.01. The van der Waals surface area contributed by atoms with Gasteiger partial charge >= 0.3 is 0 Å². The molecule has 0 radical (unpaired) electrons. The van der Waals surface area contributed by atoms with Gasteiger partial charge in [0.15, 0.2) is 0 Å². The Morgan fingerprint density at radius 3 is 2.48 bits per heavy atom. The Kier molecular flexibility index (Phi) is 4.16. The van der Waals surface area contributed by atoms with Crippen LogP contribution in [-0.2, 0) is 25.2 Å². The Hall–Kier alpha value is -2.26. The highest BCUT2D eigenvalue weighted by atomic mass is 32.2. The van der Waals surface area contributed by atoms with Crippen molar-refractivity contribution >= 4 is 28.6 Å². The SMILES string of the molecule is CC1(C)C(C(=O)[O-])N2C(=O)C(NC(=O)C(N)c3ccccc3)C2S1=O. The van der Waals surface area contributed by atoms with Crippen LogP contribution < -0.4 is 16.2 Å². The third kappa shape index (κ3) is 2.54. The molecule has 0 bridgehead atoms. The molecule has 2 aliphatic rings. The Morgan fingerprint density at radius 1 is 1.32 bits per heavy atom. The highest BCUT2D eigenvalue weighted by Gasteiger charge is 2.66. The lowest BCUT2D eigenvalue weighted by Gasteiger charge is -2.44. The van der Waals surface area contributed by atoms with Crippen LogP contribution in [0.3, 0.4) is 0 Å². The largest absolute Gasteiger partial charge is 0.548 e. The number of rotatable bonds is 4. The zero-order valence-corrected chi connectivity index (χ0v) is 14.5. The number of carboxylic acids is 1. The molecule has 1 aromatic carbocycles. The topological polar surface area (TPSA) is 133 Å². The van der Waals surface area contributed by atoms with Crippen LogP contribution in [0.4, 0.5) is 0 Å². The average molecular weight is 364 g/mol. The van der Waals surface area contributed by atoms with Crippen LogP contribution >= 0.6 is 0 Å². The van der Waals surface area contributed by atoms with E-state index in [-0.39, 0.29) is 0 Å². The maximum atomic E-state index is 12.6. The smallest absolute Gasteiger partial charge is 0.249 e. The second-order valence-electron chi connectivity index (χ2n) is 6.63. The van der Waals surface area contributed by atoms with Gasteiger partial charge in [0.2, 0.25) is 11.8 Å². The van der Waals surface area contributed by atoms with E-state index in [2.05, 4.69) is 5.32 Å². The molecular weight excluding hydrogens is 346 g/mol. The van der Waals surface area contributed by atoms with E-state index in [1.165, 1.54) is 13.8 Å². The summed E-state index contributed by atoms with van der Waals surface area (Å²) in [5.74, 6) is -2.64. The molecule has 5 unspecified atom stereocenters. The van der Waals surface area contributed by atoms with Crippen LogP contribution in [0.25, 0.3) is 0 Å². The Balaban J connectivity index is 1.78. The molecule has 25 heavy (non-hydrogen) atoms. The number of nitrogens with one attached hydrogen (secondary N) is 1. The van der Waals surface area contributed by atoms with Gasteiger partial charge in [0.1, 0.15) is 17.5 Å². The number of nitrogens with zero attached hydrogens (tertiary/aromatic N) is 1. The molecule has 2 saturated heterocycles. The lowest BCUT2D eigenvalue weighted by molar-refractivity contribution is -0.312. The van der Waals surface area contributed by atoms with Gasteiger partial charge in [0.25, 0.3) is 0 Å². The van der Waals surface area contributed by atoms with Crippen LogP contribution in [0.15, 0.2) is 30.3 Å². The van der Waals surface area contributed by atoms with Crippen LogP contribution in [0.1, 0.15) is 25.5 Å². The minimum Gasteiger partial charge on any atom is -0.548 e. The van der Waals surface area contributed by atoms with E-state index in [4.69, 9.17) is 5.73 Å². The molecule has 134 valence electrons. The van der Waals surface area contributed by atoms with Gasteiger partial charge in [-0.1, -0.05) is 30.3 Å². The van der Waals surface area contributed by atoms with Gasteiger partial charge in [-0.3, -0.25) is 13.8 Å². The maximum absolute atomic E-state index is 12.6. The van der Waals surface area contributed by atoms with Crippen molar-refractivity contribution in [3.05, 3.63) is 35.9 Å². The molecule has 0 aromatic heterocycles. The van der Waals surface area contributed by atoms with Gasteiger partial charge < -0.3 is 25.9 Å². The van der Waals surface area contributed by atoms with Gasteiger partial charge in [-0.2, -0.15) is 0 Å². The molecule has 0 saturated carbocycles. The summed E-state index contributed by atoms with van der Waals surface area (Å²) in [6.07, 6.45) is 0. The number of carbonyl (C=O) groups is 3. The zero-order chi connectivity index (χ0) is 18.5. The first-order valence-corrected chi connectivity index (χ1v) is 8.94. The number of aliphatic carboxylic acids is 1. The van der Waals surface area contributed by atoms with Crippen LogP contribution in [0.2, 0.25) is 0 Å². The quantitative estimate of drug-likeness (QED) is 0.594. The van der Waals surface area contributed by atoms with Gasteiger partial charge in [-0.15, -0.1) is 0 Å². The van der Waals surface area contributed by atoms with Crippen molar-refractivity contribution in [3.63, 3.8) is 0 Å². The lowest BCUT2D eigenvalue weighted by atomic mass is 9.95. The number of nitrogens with two attached hydrogens (primary N) is 1. The predicted octanol–water partition coefficient (Wildman–Crippen LogP) is -2.00. The Labute approximate surface area is 146 Å². The highest BCUT2D eigenvalue weighted by molar-refractivity contribution is 7.87. The molecule has 2 amide bonds. The number of carboxylic acid groups (broad SMARTS) is 1. The lowest BCUT2D eigenvalue weighted by Crippen LogP contribution is -2.72. The normalized spacial score (nSPS) is 31.0. The van der Waals surface area contributed by atoms with Crippen molar-refractivity contribution in [3.8, 4) is 0 Å². The molecule has 0 spiro atoms. The van der Waals surface area contributed by atoms with Crippen LogP contribution in [0.5, 0.6) is 0 Å². The molecule has 1 aromatic rings. The molecule has 8 nitrogen and oxygen atoms in total. The van der Waals surface area contributed by atoms with Crippen LogP contribution in [-0.4, -0.2) is 49.1 Å². The monoisotopic (exact) mass is 364 g/mol. The van der Waals surface area contributed by atoms with Gasteiger partial charge in [-0.25, -0.2) is 0 Å². The van der Waals surface area contributed by atoms with E-state index in [0.29, 0.717) is 5.56 Å². The molecule has 3 N–H and O–H groups in total. The molecule has 2 heterocycles. The summed E-state index contributed by atoms with van der Waals surface area (Å²) in [6, 6.07) is 5.29. The van der Waals surface area contributed by atoms with Crippen molar-refractivity contribution in [1.29, 1.82) is 0 Å². The third-order valence-electron chi connectivity index (χ3n) is 4.72. The fourth-order valence-corrected chi connectivity index (χ4v) is 5.24. The molecule has 2 fully saturated rings. The number of fused-ring (bicyclic) bond motifs is 1. The zero-order valence-electron chi connectivity index (χ0n) is 13.7. The van der Waals surface area contributed by atoms with E-state index in [9.17, 15) is 23.7 Å². The van der Waals surface area contributed by atoms with Crippen molar-refractivity contribution in [2.45, 2.75) is 42.1 Å². The number of hydrogen-bond acceptors (Lipinski definition) is 6. The third-order valence-corrected chi connectivity index (χ3v) is 6.91. The van der Waals surface area contributed by atoms with Gasteiger partial charge in [-0.05, 0) is 19.4 Å². The minimum absolute atomic E-state index is 0.573. The molecule has 9 heteroatoms. The first-order chi connectivity index (χ1) is 11.7. The number of β-lactam (4-membered cyclic amide) rings is 1. The summed E-state index contributed by atoms with van der Waals surface area (Å²) < 4.78 is 11.5. The molecular formula is C16H18N3O5S-. The summed E-state index contributed by atoms with van der Waals surface area (Å²) in [5.41, 5.74) is 6.47. The summed E-state index contributed by atoms with van der Waals surface area (Å²) in [7, 11) is -1.67. The summed E-state index contributed by atoms with van der Waals surface area (Å²) in [4.78, 5) is 37.1. The second-order valence-corrected chi connectivity index (χ2v) is 8.76. The summed E-state index contributed by atoms with van der Waals surface area (Å²) in [5, 5.41) is 13.0. The molecule has 3 rings (SSSR count). The van der Waals surface area contributed by atoms with E-state index in [1.54, 1.807) is 30.3 Å². The van der Waals surface area contributed by atoms with E-state index in [1.807, 2.05) is 0 Å². The minimum atomic E-state index is -1.67. The average Bonchev–Trinajstić information content (AvgIpc) is 2.77. The van der Waals surface area contributed by atoms with E-state index >= 15 is 0 Å². The standard InChI is InChI=1S/C16H19N3O5S/c1-16(2)11(15(22)23)19-13(21)10(14(19)25(16)24)18-12(20)9(17)8-6-4-3-5-7-8/h3-7,9-11,14H,17H2,1-2H3,(H,18,20)(H,22,23)/p-1. The first-order valence-electron chi connectivity index (χ1n) is 7.72. The predicted molar refractivity (Wildman–Crippen MR) is 87.0 cm³/mol. The molecule has 2 aliphatic heterocycles. The molecule has 0 aliphatic carbocycles. The highest BCUT2D eigenvalue weighted by Crippen LogP contribution is 2.43. The van der Waals surface area contributed by atoms with Crippen molar-refractivity contribution in [2.75, 3.05) is 0 Å². The Bertz CT molecular complexity index is 766. The van der Waals surface area contributed by atoms with Crippen molar-refractivity contribution < 1.29 is 23.7 Å². The van der Waals surface area contributed by atoms with Crippen LogP contribution in [0, 0.1) is 0 Å². The van der Waals surface area contributed by atoms with Gasteiger partial charge in [0, 0.05) is 0 Å². The van der Waals surface area contributed by atoms with E-state index in [0.717, 1.165) is 4.90 Å². The summed E-state index contributed by atoms with van der Waals surface area (Å²) >= 11 is 0. The Morgan fingerprint density at radius 2 is 1.92 bits per heavy atom. The number of hydrogen-bond donors (Lipinski definition) is 2. The number of carbonyl (C=O) groups excluding carboxylic acids is 3. The van der Waals surface area contributed by atoms with Crippen molar-refractivity contribution in [1.82, 2.24) is 10.2 Å². The fraction of sp³-hybridized carbons (Fsp3) is 0.438. The van der Waals surface area contributed by atoms with Crippen molar-refractivity contribution in [2.24, 2.45) is 5.73 Å². The molecule has 5 atom stereocenters. The second kappa shape index (κ2) is 5.92. The maximum Gasteiger partial charge on any atom is 0.249 e. The fourth-order valence-electron chi connectivity index (χ4n) is 3.33. The van der Waals surface area contributed by atoms with Gasteiger partial charge in [0.05, 0.1) is 27.6 Å². The number of benzene rings is 1. The van der Waals surface area contributed by atoms with E-state index < -0.39 is 56.8 Å².